The molecule has 0 saturated heterocycles. The van der Waals surface area contributed by atoms with Crippen molar-refractivity contribution in [3.05, 3.63) is 18.5 Å². The number of hydrogen-bond acceptors (Lipinski definition) is 4. The number of aromatic nitrogens is 2. The third-order valence-corrected chi connectivity index (χ3v) is 2.69. The van der Waals surface area contributed by atoms with E-state index in [1.54, 1.807) is 18.5 Å². The normalized spacial score (nSPS) is 17.2. The van der Waals surface area contributed by atoms with Crippen molar-refractivity contribution in [1.82, 2.24) is 9.97 Å². The molecule has 1 aromatic heterocycles. The highest BCUT2D eigenvalue weighted by atomic mass is 16.5. The van der Waals surface area contributed by atoms with Crippen LogP contribution in [0.3, 0.4) is 0 Å². The summed E-state index contributed by atoms with van der Waals surface area (Å²) < 4.78 is 0. The topological polar surface area (TPSA) is 49.2 Å². The maximum absolute atomic E-state index is 9.69. The summed E-state index contributed by atoms with van der Waals surface area (Å²) in [4.78, 5) is 7.97. The van der Waals surface area contributed by atoms with E-state index < -0.39 is 0 Å². The fraction of sp³-hybridized carbons (Fsp3) is 0.600. The Hall–Kier alpha value is -1.16. The van der Waals surface area contributed by atoms with Gasteiger partial charge in [0.1, 0.15) is 0 Å². The van der Waals surface area contributed by atoms with Gasteiger partial charge in [-0.05, 0) is 24.8 Å². The molecule has 0 aliphatic heterocycles. The quantitative estimate of drug-likeness (QED) is 0.744. The van der Waals surface area contributed by atoms with Crippen molar-refractivity contribution < 1.29 is 5.21 Å². The van der Waals surface area contributed by atoms with Gasteiger partial charge in [0.25, 0.3) is 0 Å². The van der Waals surface area contributed by atoms with E-state index in [1.807, 2.05) is 0 Å². The molecule has 2 rings (SSSR count). The molecule has 1 aromatic rings. The van der Waals surface area contributed by atoms with Gasteiger partial charge < -0.3 is 0 Å². The minimum atomic E-state index is 0.402. The predicted molar refractivity (Wildman–Crippen MR) is 53.1 cm³/mol. The third kappa shape index (κ3) is 2.20. The lowest BCUT2D eigenvalue weighted by Crippen LogP contribution is -2.26. The van der Waals surface area contributed by atoms with Crippen LogP contribution in [-0.2, 0) is 0 Å². The van der Waals surface area contributed by atoms with Crippen molar-refractivity contribution in [2.24, 2.45) is 5.92 Å². The lowest BCUT2D eigenvalue weighted by Gasteiger charge is -2.18. The minimum Gasteiger partial charge on any atom is -0.286 e. The van der Waals surface area contributed by atoms with E-state index in [0.717, 1.165) is 5.06 Å². The molecule has 4 nitrogen and oxygen atoms in total. The Morgan fingerprint density at radius 1 is 1.29 bits per heavy atom. The molecule has 1 heterocycles. The predicted octanol–water partition coefficient (Wildman–Crippen LogP) is 1.86. The van der Waals surface area contributed by atoms with E-state index in [-0.39, 0.29) is 0 Å². The number of anilines is 1. The lowest BCUT2D eigenvalue weighted by molar-refractivity contribution is 0.227. The summed E-state index contributed by atoms with van der Waals surface area (Å²) in [5.41, 5.74) is 0. The summed E-state index contributed by atoms with van der Waals surface area (Å²) in [5.74, 6) is 1.00. The van der Waals surface area contributed by atoms with Crippen LogP contribution in [0.1, 0.15) is 25.7 Å². The number of rotatable bonds is 3. The number of hydroxylamine groups is 1. The Morgan fingerprint density at radius 2 is 1.93 bits per heavy atom. The van der Waals surface area contributed by atoms with Crippen molar-refractivity contribution in [2.45, 2.75) is 25.7 Å². The molecule has 1 aliphatic rings. The molecule has 1 fully saturated rings. The van der Waals surface area contributed by atoms with Crippen molar-refractivity contribution in [1.29, 1.82) is 0 Å². The maximum Gasteiger partial charge on any atom is 0.249 e. The molecule has 1 aliphatic carbocycles. The monoisotopic (exact) mass is 193 g/mol. The first-order valence-electron chi connectivity index (χ1n) is 5.09. The Balaban J connectivity index is 1.92. The molecule has 0 radical (unpaired) electrons. The van der Waals surface area contributed by atoms with Crippen molar-refractivity contribution in [3.8, 4) is 0 Å². The van der Waals surface area contributed by atoms with Crippen LogP contribution in [-0.4, -0.2) is 21.7 Å². The largest absolute Gasteiger partial charge is 0.286 e. The summed E-state index contributed by atoms with van der Waals surface area (Å²) in [6.45, 7) is 0.657. The number of hydrogen-bond donors (Lipinski definition) is 1. The van der Waals surface area contributed by atoms with Crippen LogP contribution in [0.25, 0.3) is 0 Å². The second-order valence-electron chi connectivity index (χ2n) is 3.78. The first-order valence-corrected chi connectivity index (χ1v) is 5.09. The average molecular weight is 193 g/mol. The van der Waals surface area contributed by atoms with E-state index in [1.165, 1.54) is 25.7 Å². The van der Waals surface area contributed by atoms with Gasteiger partial charge in [-0.25, -0.2) is 15.0 Å². The van der Waals surface area contributed by atoms with Gasteiger partial charge in [-0.1, -0.05) is 12.8 Å². The number of nitrogens with zero attached hydrogens (tertiary/aromatic N) is 3. The van der Waals surface area contributed by atoms with E-state index in [2.05, 4.69) is 9.97 Å². The summed E-state index contributed by atoms with van der Waals surface area (Å²) in [6, 6.07) is 1.74. The van der Waals surface area contributed by atoms with Crippen LogP contribution < -0.4 is 5.06 Å². The van der Waals surface area contributed by atoms with Crippen molar-refractivity contribution in [2.75, 3.05) is 11.6 Å². The summed E-state index contributed by atoms with van der Waals surface area (Å²) in [7, 11) is 0. The van der Waals surface area contributed by atoms with Gasteiger partial charge >= 0.3 is 0 Å². The Bertz CT molecular complexity index is 272. The molecule has 0 amide bonds. The Kier molecular flexibility index (Phi) is 2.93. The highest BCUT2D eigenvalue weighted by molar-refractivity contribution is 5.22. The third-order valence-electron chi connectivity index (χ3n) is 2.69. The smallest absolute Gasteiger partial charge is 0.249 e. The van der Waals surface area contributed by atoms with E-state index in [0.29, 0.717) is 18.4 Å². The van der Waals surface area contributed by atoms with Crippen LogP contribution in [0, 0.1) is 5.92 Å². The van der Waals surface area contributed by atoms with Crippen LogP contribution >= 0.6 is 0 Å². The molecular weight excluding hydrogens is 178 g/mol. The van der Waals surface area contributed by atoms with Gasteiger partial charge in [0, 0.05) is 12.4 Å². The van der Waals surface area contributed by atoms with Gasteiger partial charge in [0.05, 0.1) is 6.54 Å². The molecule has 0 aromatic carbocycles. The zero-order valence-corrected chi connectivity index (χ0v) is 8.13. The molecule has 1 N–H and O–H groups in total. The van der Waals surface area contributed by atoms with Crippen LogP contribution in [0.4, 0.5) is 5.95 Å². The first kappa shape index (κ1) is 9.40. The fourth-order valence-corrected chi connectivity index (χ4v) is 1.94. The zero-order chi connectivity index (χ0) is 9.80. The summed E-state index contributed by atoms with van der Waals surface area (Å²) in [6.07, 6.45) is 8.27. The molecule has 0 spiro atoms. The van der Waals surface area contributed by atoms with E-state index in [9.17, 15) is 5.21 Å². The Labute approximate surface area is 83.6 Å². The molecule has 0 bridgehead atoms. The molecule has 1 saturated carbocycles. The summed E-state index contributed by atoms with van der Waals surface area (Å²) in [5, 5.41) is 10.9. The van der Waals surface area contributed by atoms with Gasteiger partial charge in [0.2, 0.25) is 5.95 Å². The molecule has 14 heavy (non-hydrogen) atoms. The SMILES string of the molecule is ON(CC1CCCC1)c1ncccn1. The zero-order valence-electron chi connectivity index (χ0n) is 8.13. The molecule has 76 valence electrons. The second-order valence-corrected chi connectivity index (χ2v) is 3.78. The van der Waals surface area contributed by atoms with E-state index in [4.69, 9.17) is 0 Å². The standard InChI is InChI=1S/C10H15N3O/c14-13(8-9-4-1-2-5-9)10-11-6-3-7-12-10/h3,6-7,9,14H,1-2,4-5,8H2. The van der Waals surface area contributed by atoms with Gasteiger partial charge in [-0.3, -0.25) is 5.21 Å². The molecule has 0 unspecified atom stereocenters. The second kappa shape index (κ2) is 4.37. The minimum absolute atomic E-state index is 0.402. The van der Waals surface area contributed by atoms with Gasteiger partial charge in [0.15, 0.2) is 0 Å². The van der Waals surface area contributed by atoms with Crippen LogP contribution in [0.2, 0.25) is 0 Å². The average Bonchev–Trinajstić information content (AvgIpc) is 2.72. The molecule has 4 heteroatoms. The van der Waals surface area contributed by atoms with Gasteiger partial charge in [-0.2, -0.15) is 0 Å². The first-order chi connectivity index (χ1) is 6.86. The van der Waals surface area contributed by atoms with Crippen molar-refractivity contribution in [3.63, 3.8) is 0 Å². The van der Waals surface area contributed by atoms with Crippen LogP contribution in [0.15, 0.2) is 18.5 Å². The highest BCUT2D eigenvalue weighted by Crippen LogP contribution is 2.25. The maximum atomic E-state index is 9.69. The van der Waals surface area contributed by atoms with Gasteiger partial charge in [-0.15, -0.1) is 0 Å². The fourth-order valence-electron chi connectivity index (χ4n) is 1.94. The highest BCUT2D eigenvalue weighted by Gasteiger charge is 2.18. The van der Waals surface area contributed by atoms with E-state index >= 15 is 0 Å². The molecule has 0 atom stereocenters. The summed E-state index contributed by atoms with van der Waals surface area (Å²) >= 11 is 0. The lowest BCUT2D eigenvalue weighted by atomic mass is 10.1. The van der Waals surface area contributed by atoms with Crippen molar-refractivity contribution >= 4 is 5.95 Å². The molecular formula is C10H15N3O. The Morgan fingerprint density at radius 3 is 2.57 bits per heavy atom. The van der Waals surface area contributed by atoms with Crippen LogP contribution in [0.5, 0.6) is 0 Å².